The number of fused-ring (bicyclic) bond motifs is 3. The van der Waals surface area contributed by atoms with Gasteiger partial charge in [-0.3, -0.25) is 14.6 Å². The van der Waals surface area contributed by atoms with E-state index in [9.17, 15) is 30.0 Å². The summed E-state index contributed by atoms with van der Waals surface area (Å²) in [6.07, 6.45) is -1.64. The van der Waals surface area contributed by atoms with Crippen LogP contribution in [0, 0.1) is 0 Å². The fraction of sp³-hybridized carbons (Fsp3) is 0.514. The summed E-state index contributed by atoms with van der Waals surface area (Å²) < 4.78 is 17.8. The van der Waals surface area contributed by atoms with Crippen molar-refractivity contribution in [3.63, 3.8) is 0 Å². The van der Waals surface area contributed by atoms with Gasteiger partial charge in [0, 0.05) is 62.4 Å². The number of aromatic hydroxyl groups is 2. The maximum Gasteiger partial charge on any atom is 0.202 e. The van der Waals surface area contributed by atoms with E-state index >= 15 is 0 Å². The van der Waals surface area contributed by atoms with Crippen molar-refractivity contribution in [2.24, 2.45) is 15.2 Å². The van der Waals surface area contributed by atoms with Crippen LogP contribution in [0.3, 0.4) is 0 Å². The number of benzene rings is 2. The van der Waals surface area contributed by atoms with Crippen molar-refractivity contribution < 1.29 is 49.3 Å². The molecule has 14 nitrogen and oxygen atoms in total. The highest BCUT2D eigenvalue weighted by Gasteiger charge is 2.49. The highest BCUT2D eigenvalue weighted by atomic mass is 16.7. The number of ketones is 2. The third-order valence-corrected chi connectivity index (χ3v) is 9.30. The Balaban J connectivity index is 1.64. The third kappa shape index (κ3) is 6.83. The second-order valence-electron chi connectivity index (χ2n) is 13.1. The zero-order chi connectivity index (χ0) is 35.8. The fourth-order valence-electron chi connectivity index (χ4n) is 6.61. The number of hydrogen-bond donors (Lipinski definition) is 5. The molecule has 14 heteroatoms. The van der Waals surface area contributed by atoms with Gasteiger partial charge in [-0.05, 0) is 39.7 Å². The number of carbonyl (C=O) groups excluding carboxylic acids is 2. The Labute approximate surface area is 284 Å². The number of ether oxygens (including phenoxy) is 3. The summed E-state index contributed by atoms with van der Waals surface area (Å²) >= 11 is 0. The van der Waals surface area contributed by atoms with Gasteiger partial charge in [0.25, 0.3) is 0 Å². The summed E-state index contributed by atoms with van der Waals surface area (Å²) in [5.74, 6) is -2.41. The van der Waals surface area contributed by atoms with Crippen molar-refractivity contribution >= 4 is 29.3 Å². The van der Waals surface area contributed by atoms with Gasteiger partial charge in [0.05, 0.1) is 54.1 Å². The van der Waals surface area contributed by atoms with Crippen LogP contribution in [0.25, 0.3) is 0 Å². The third-order valence-electron chi connectivity index (χ3n) is 9.30. The Morgan fingerprint density at radius 1 is 1.10 bits per heavy atom. The molecule has 0 aromatic heterocycles. The average molecular weight is 681 g/mol. The van der Waals surface area contributed by atoms with Crippen molar-refractivity contribution in [3.8, 4) is 17.2 Å². The van der Waals surface area contributed by atoms with Gasteiger partial charge in [0.2, 0.25) is 5.78 Å². The van der Waals surface area contributed by atoms with Gasteiger partial charge in [-0.15, -0.1) is 0 Å². The minimum absolute atomic E-state index is 0.00303. The minimum Gasteiger partial charge on any atom is -0.507 e. The van der Waals surface area contributed by atoms with Crippen molar-refractivity contribution in [1.29, 1.82) is 0 Å². The first-order valence-corrected chi connectivity index (χ1v) is 16.2. The molecule has 2 aliphatic carbocycles. The quantitative estimate of drug-likeness (QED) is 0.0912. The predicted octanol–water partition coefficient (Wildman–Crippen LogP) is 2.68. The van der Waals surface area contributed by atoms with Crippen LogP contribution >= 0.6 is 0 Å². The second kappa shape index (κ2) is 14.3. The summed E-state index contributed by atoms with van der Waals surface area (Å²) in [7, 11) is 4.95. The van der Waals surface area contributed by atoms with Gasteiger partial charge in [0.1, 0.15) is 29.0 Å². The van der Waals surface area contributed by atoms with Crippen molar-refractivity contribution in [2.75, 3.05) is 27.8 Å². The number of aliphatic imine (C=N–C) groups is 1. The summed E-state index contributed by atoms with van der Waals surface area (Å²) in [6.45, 7) is 4.97. The number of methoxy groups -OCH3 is 1. The molecule has 2 aromatic carbocycles. The standard InChI is InChI=1S/C35H44N4O10/c1-17(9-8-12-40)37-38-19(3)35(46)14-21-27(24(15-35)49-25-13-22(36-16-39(4)5)30(41)18(2)48-25)34(45)29-28(32(21)43)31(42)20-10-7-11-23(47-6)26(20)33(29)44/h7,10-11,16,18,22,24-25,30,40-41,43,45-46H,8-9,12-15H2,1-6H3/b36-16?,37-17+,38-19+. The number of hydrogen-bond acceptors (Lipinski definition) is 13. The first-order chi connectivity index (χ1) is 23.2. The summed E-state index contributed by atoms with van der Waals surface area (Å²) in [4.78, 5) is 34.0. The SMILES string of the molecule is COc1cccc2c1C(=O)c1c(O)c3c(c(O)c1C2=O)CC(O)(/C(C)=N/N=C(\C)CCCO)CC3OC1CC(N=CN(C)C)C(O)C(C)O1. The van der Waals surface area contributed by atoms with Crippen LogP contribution < -0.4 is 4.74 Å². The molecule has 0 amide bonds. The molecule has 49 heavy (non-hydrogen) atoms. The smallest absolute Gasteiger partial charge is 0.202 e. The van der Waals surface area contributed by atoms with E-state index in [0.29, 0.717) is 18.6 Å². The van der Waals surface area contributed by atoms with Crippen molar-refractivity contribution in [1.82, 2.24) is 4.90 Å². The first-order valence-electron chi connectivity index (χ1n) is 16.2. The van der Waals surface area contributed by atoms with Gasteiger partial charge in [0.15, 0.2) is 12.1 Å². The summed E-state index contributed by atoms with van der Waals surface area (Å²) in [5, 5.41) is 64.2. The van der Waals surface area contributed by atoms with E-state index in [4.69, 9.17) is 19.3 Å². The molecule has 0 spiro atoms. The van der Waals surface area contributed by atoms with E-state index in [2.05, 4.69) is 15.2 Å². The van der Waals surface area contributed by atoms with Crippen molar-refractivity contribution in [3.05, 3.63) is 51.6 Å². The Kier molecular flexibility index (Phi) is 10.6. The van der Waals surface area contributed by atoms with Crippen LogP contribution in [0.4, 0.5) is 0 Å². The van der Waals surface area contributed by atoms with E-state index in [0.717, 1.165) is 0 Å². The Bertz CT molecular complexity index is 1720. The Morgan fingerprint density at radius 2 is 1.82 bits per heavy atom. The van der Waals surface area contributed by atoms with Crippen LogP contribution in [-0.4, -0.2) is 118 Å². The van der Waals surface area contributed by atoms with Gasteiger partial charge in [-0.2, -0.15) is 10.2 Å². The molecule has 1 fully saturated rings. The molecule has 1 heterocycles. The van der Waals surface area contributed by atoms with Gasteiger partial charge < -0.3 is 44.6 Å². The maximum absolute atomic E-state index is 14.0. The molecule has 6 atom stereocenters. The average Bonchev–Trinajstić information content (AvgIpc) is 3.06. The Morgan fingerprint density at radius 3 is 2.49 bits per heavy atom. The number of aliphatic hydroxyl groups is 3. The first kappa shape index (κ1) is 36.1. The lowest BCUT2D eigenvalue weighted by atomic mass is 9.72. The predicted molar refractivity (Wildman–Crippen MR) is 180 cm³/mol. The number of carbonyl (C=O) groups is 2. The van der Waals surface area contributed by atoms with Crippen LogP contribution in [0.2, 0.25) is 0 Å². The summed E-state index contributed by atoms with van der Waals surface area (Å²) in [5.41, 5.74) is -1.79. The second-order valence-corrected chi connectivity index (χ2v) is 13.1. The highest BCUT2D eigenvalue weighted by Crippen LogP contribution is 2.52. The molecule has 0 saturated carbocycles. The van der Waals surface area contributed by atoms with E-state index in [1.165, 1.54) is 19.2 Å². The van der Waals surface area contributed by atoms with Gasteiger partial charge in [-0.1, -0.05) is 12.1 Å². The summed E-state index contributed by atoms with van der Waals surface area (Å²) in [6, 6.07) is 3.91. The normalized spacial score (nSPS) is 27.2. The van der Waals surface area contributed by atoms with E-state index in [-0.39, 0.29) is 65.1 Å². The monoisotopic (exact) mass is 680 g/mol. The van der Waals surface area contributed by atoms with Crippen LogP contribution in [-0.2, 0) is 15.9 Å². The highest BCUT2D eigenvalue weighted by molar-refractivity contribution is 6.31. The van der Waals surface area contributed by atoms with E-state index in [1.807, 2.05) is 0 Å². The topological polar surface area (TPSA) is 203 Å². The molecular weight excluding hydrogens is 636 g/mol. The van der Waals surface area contributed by atoms with Gasteiger partial charge >= 0.3 is 0 Å². The molecule has 1 saturated heterocycles. The lowest BCUT2D eigenvalue weighted by Gasteiger charge is -2.42. The number of aliphatic hydroxyl groups excluding tert-OH is 2. The van der Waals surface area contributed by atoms with Gasteiger partial charge in [-0.25, -0.2) is 0 Å². The molecule has 0 radical (unpaired) electrons. The Hall–Kier alpha value is -4.21. The number of phenols is 2. The zero-order valence-electron chi connectivity index (χ0n) is 28.5. The van der Waals surface area contributed by atoms with Crippen LogP contribution in [0.15, 0.2) is 33.4 Å². The van der Waals surface area contributed by atoms with E-state index < -0.39 is 64.9 Å². The molecule has 2 aromatic rings. The fourth-order valence-corrected chi connectivity index (χ4v) is 6.61. The molecule has 0 bridgehead atoms. The van der Waals surface area contributed by atoms with Crippen molar-refractivity contribution in [2.45, 2.75) is 89.1 Å². The molecule has 264 valence electrons. The van der Waals surface area contributed by atoms with Crippen LogP contribution in [0.1, 0.15) is 95.5 Å². The maximum atomic E-state index is 14.0. The lowest BCUT2D eigenvalue weighted by molar-refractivity contribution is -0.245. The lowest BCUT2D eigenvalue weighted by Crippen LogP contribution is -2.49. The molecule has 6 unspecified atom stereocenters. The minimum atomic E-state index is -1.79. The number of nitrogens with zero attached hydrogens (tertiary/aromatic N) is 4. The largest absolute Gasteiger partial charge is 0.507 e. The molecule has 5 N–H and O–H groups in total. The molecule has 3 aliphatic rings. The number of rotatable bonds is 10. The molecule has 1 aliphatic heterocycles. The molecular formula is C35H44N4O10. The zero-order valence-corrected chi connectivity index (χ0v) is 28.5. The molecule has 5 rings (SSSR count). The number of phenolic OH excluding ortho intramolecular Hbond substituents is 2. The van der Waals surface area contributed by atoms with E-state index in [1.54, 1.807) is 52.2 Å². The van der Waals surface area contributed by atoms with Crippen LogP contribution in [0.5, 0.6) is 17.2 Å².